The molecule has 0 aliphatic heterocycles. The van der Waals surface area contributed by atoms with Crippen LogP contribution in [0.25, 0.3) is 10.9 Å². The zero-order chi connectivity index (χ0) is 24.7. The second-order valence-corrected chi connectivity index (χ2v) is 9.21. The molecule has 0 radical (unpaired) electrons. The molecule has 34 heavy (non-hydrogen) atoms. The Morgan fingerprint density at radius 1 is 1.03 bits per heavy atom. The third-order valence-electron chi connectivity index (χ3n) is 4.86. The van der Waals surface area contributed by atoms with Crippen LogP contribution in [0.4, 0.5) is 13.2 Å². The maximum atomic E-state index is 13.1. The molecular formula is C22H15ClF3NO6S. The molecule has 0 unspecified atom stereocenters. The van der Waals surface area contributed by atoms with Gasteiger partial charge in [0.2, 0.25) is 0 Å². The summed E-state index contributed by atoms with van der Waals surface area (Å²) in [6.45, 7) is 0.150. The van der Waals surface area contributed by atoms with Crippen molar-refractivity contribution >= 4 is 32.5 Å². The lowest BCUT2D eigenvalue weighted by Crippen LogP contribution is -2.14. The molecule has 0 spiro atoms. The summed E-state index contributed by atoms with van der Waals surface area (Å²) < 4.78 is 81.4. The second-order valence-electron chi connectivity index (χ2n) is 7.04. The minimum atomic E-state index is -4.77. The molecule has 0 N–H and O–H groups in total. The number of ether oxygens (including phenoxy) is 2. The van der Waals surface area contributed by atoms with Crippen LogP contribution in [0.1, 0.15) is 11.1 Å². The first kappa shape index (κ1) is 23.7. The fraction of sp³-hybridized carbons (Fsp3) is 0.136. The van der Waals surface area contributed by atoms with E-state index in [1.165, 1.54) is 19.2 Å². The first-order valence-corrected chi connectivity index (χ1v) is 11.4. The zero-order valence-corrected chi connectivity index (χ0v) is 18.9. The average molecular weight is 514 g/mol. The summed E-state index contributed by atoms with van der Waals surface area (Å²) in [7, 11) is -3.30. The summed E-state index contributed by atoms with van der Waals surface area (Å²) in [6.07, 6.45) is -4.77. The molecule has 0 saturated heterocycles. The molecule has 1 aromatic heterocycles. The van der Waals surface area contributed by atoms with Crippen LogP contribution in [0, 0.1) is 0 Å². The van der Waals surface area contributed by atoms with Crippen molar-refractivity contribution < 1.29 is 35.6 Å². The lowest BCUT2D eigenvalue weighted by atomic mass is 10.2. The average Bonchev–Trinajstić information content (AvgIpc) is 3.13. The van der Waals surface area contributed by atoms with E-state index >= 15 is 0 Å². The van der Waals surface area contributed by atoms with Gasteiger partial charge in [0.15, 0.2) is 11.5 Å². The van der Waals surface area contributed by atoms with E-state index in [0.29, 0.717) is 16.3 Å². The number of rotatable bonds is 6. The van der Waals surface area contributed by atoms with Gasteiger partial charge in [-0.15, -0.1) is 0 Å². The van der Waals surface area contributed by atoms with Crippen LogP contribution in [0.5, 0.6) is 11.5 Å². The van der Waals surface area contributed by atoms with E-state index < -0.39 is 37.3 Å². The molecule has 178 valence electrons. The topological polar surface area (TPSA) is 87.7 Å². The highest BCUT2D eigenvalue weighted by Crippen LogP contribution is 2.37. The van der Waals surface area contributed by atoms with Gasteiger partial charge in [-0.1, -0.05) is 46.1 Å². The van der Waals surface area contributed by atoms with E-state index in [1.807, 2.05) is 30.3 Å². The molecule has 12 heteroatoms. The highest BCUT2D eigenvalue weighted by molar-refractivity contribution is 7.90. The monoisotopic (exact) mass is 513 g/mol. The van der Waals surface area contributed by atoms with Crippen LogP contribution in [0.2, 0.25) is 5.02 Å². The van der Waals surface area contributed by atoms with Crippen molar-refractivity contribution in [3.8, 4) is 11.5 Å². The van der Waals surface area contributed by atoms with Crippen molar-refractivity contribution in [2.24, 2.45) is 0 Å². The minimum absolute atomic E-state index is 0.110. The molecular weight excluding hydrogens is 499 g/mol. The van der Waals surface area contributed by atoms with E-state index in [-0.39, 0.29) is 29.0 Å². The van der Waals surface area contributed by atoms with Gasteiger partial charge in [0.25, 0.3) is 10.0 Å². The van der Waals surface area contributed by atoms with E-state index in [0.717, 1.165) is 11.6 Å². The number of fused-ring (bicyclic) bond motifs is 1. The van der Waals surface area contributed by atoms with Crippen molar-refractivity contribution in [2.45, 2.75) is 17.7 Å². The largest absolute Gasteiger partial charge is 0.493 e. The van der Waals surface area contributed by atoms with Crippen molar-refractivity contribution in [3.05, 3.63) is 87.2 Å². The third-order valence-corrected chi connectivity index (χ3v) is 6.73. The van der Waals surface area contributed by atoms with Crippen LogP contribution < -0.4 is 15.1 Å². The number of hydrogen-bond acceptors (Lipinski definition) is 6. The lowest BCUT2D eigenvalue weighted by molar-refractivity contribution is -0.137. The van der Waals surface area contributed by atoms with Gasteiger partial charge >= 0.3 is 11.8 Å². The normalized spacial score (nSPS) is 12.1. The molecule has 0 fully saturated rings. The molecule has 1 heterocycles. The van der Waals surface area contributed by atoms with Crippen molar-refractivity contribution in [3.63, 3.8) is 0 Å². The minimum Gasteiger partial charge on any atom is -0.493 e. The molecule has 0 atom stereocenters. The van der Waals surface area contributed by atoms with Crippen LogP contribution in [-0.4, -0.2) is 19.7 Å². The zero-order valence-electron chi connectivity index (χ0n) is 17.3. The number of methoxy groups -OCH3 is 1. The smallest absolute Gasteiger partial charge is 0.417 e. The number of aromatic nitrogens is 1. The summed E-state index contributed by atoms with van der Waals surface area (Å²) in [4.78, 5) is 11.8. The Hall–Kier alpha value is -3.44. The third kappa shape index (κ3) is 4.36. The first-order chi connectivity index (χ1) is 16.0. The van der Waals surface area contributed by atoms with Crippen molar-refractivity contribution in [1.29, 1.82) is 0 Å². The van der Waals surface area contributed by atoms with Crippen LogP contribution in [0.15, 0.2) is 74.9 Å². The number of benzene rings is 3. The Bertz CT molecular complexity index is 1530. The van der Waals surface area contributed by atoms with Gasteiger partial charge in [0, 0.05) is 12.1 Å². The Kier molecular flexibility index (Phi) is 6.09. The predicted octanol–water partition coefficient (Wildman–Crippen LogP) is 5.09. The van der Waals surface area contributed by atoms with Crippen LogP contribution >= 0.6 is 11.6 Å². The summed E-state index contributed by atoms with van der Waals surface area (Å²) in [6, 6.07) is 13.6. The van der Waals surface area contributed by atoms with Gasteiger partial charge in [0.05, 0.1) is 28.0 Å². The van der Waals surface area contributed by atoms with Crippen molar-refractivity contribution in [2.75, 3.05) is 7.11 Å². The molecule has 7 nitrogen and oxygen atoms in total. The van der Waals surface area contributed by atoms with Crippen molar-refractivity contribution in [1.82, 2.24) is 4.15 Å². The number of halogens is 4. The second kappa shape index (κ2) is 8.73. The number of alkyl halides is 3. The fourth-order valence-electron chi connectivity index (χ4n) is 3.21. The Morgan fingerprint density at radius 2 is 1.74 bits per heavy atom. The summed E-state index contributed by atoms with van der Waals surface area (Å²) in [5, 5.41) is -0.952. The van der Waals surface area contributed by atoms with Gasteiger partial charge < -0.3 is 14.0 Å². The molecule has 0 bridgehead atoms. The molecule has 0 aliphatic rings. The maximum absolute atomic E-state index is 13.1. The highest BCUT2D eigenvalue weighted by atomic mass is 35.5. The molecule has 0 saturated carbocycles. The summed E-state index contributed by atoms with van der Waals surface area (Å²) in [5.74, 6) is 0.275. The molecule has 4 aromatic rings. The first-order valence-electron chi connectivity index (χ1n) is 9.55. The van der Waals surface area contributed by atoms with E-state index in [4.69, 9.17) is 25.6 Å². The Labute approximate surface area is 195 Å². The van der Waals surface area contributed by atoms with Gasteiger partial charge in [-0.3, -0.25) is 0 Å². The Balaban J connectivity index is 1.78. The summed E-state index contributed by atoms with van der Waals surface area (Å²) >= 11 is 5.66. The number of hydrogen-bond donors (Lipinski definition) is 0. The van der Waals surface area contributed by atoms with E-state index in [1.54, 1.807) is 0 Å². The molecule has 0 aliphatic carbocycles. The highest BCUT2D eigenvalue weighted by Gasteiger charge is 2.34. The Morgan fingerprint density at radius 3 is 2.35 bits per heavy atom. The fourth-order valence-corrected chi connectivity index (χ4v) is 4.83. The summed E-state index contributed by atoms with van der Waals surface area (Å²) in [5.41, 5.74) is -1.54. The standard InChI is InChI=1S/C22H15ClF3NO6S/c1-31-19-11-18-15(10-20(19)32-12-13-5-3-2-4-6-13)21(28)33-27(18)34(29,30)14-7-8-16(17(23)9-14)22(24,25)26/h2-11H,12H2,1H3. The van der Waals surface area contributed by atoms with E-state index in [9.17, 15) is 26.4 Å². The van der Waals surface area contributed by atoms with Crippen LogP contribution in [-0.2, 0) is 22.8 Å². The van der Waals surface area contributed by atoms with Gasteiger partial charge in [-0.2, -0.15) is 21.6 Å². The van der Waals surface area contributed by atoms with Gasteiger partial charge in [-0.05, 0) is 23.8 Å². The number of nitrogens with zero attached hydrogens (tertiary/aromatic N) is 1. The quantitative estimate of drug-likeness (QED) is 0.357. The SMILES string of the molecule is COc1cc2c(cc1OCc1ccccc1)c(=O)on2S(=O)(=O)c1ccc(C(F)(F)F)c(Cl)c1. The molecule has 0 amide bonds. The molecule has 3 aromatic carbocycles. The van der Waals surface area contributed by atoms with Crippen LogP contribution in [0.3, 0.4) is 0 Å². The van der Waals surface area contributed by atoms with Gasteiger partial charge in [0.1, 0.15) is 12.1 Å². The van der Waals surface area contributed by atoms with Gasteiger partial charge in [-0.25, -0.2) is 4.79 Å². The predicted molar refractivity (Wildman–Crippen MR) is 117 cm³/mol. The lowest BCUT2D eigenvalue weighted by Gasteiger charge is -2.12. The molecule has 4 rings (SSSR count). The van der Waals surface area contributed by atoms with E-state index in [2.05, 4.69) is 0 Å². The maximum Gasteiger partial charge on any atom is 0.417 e.